The Morgan fingerprint density at radius 3 is 2.67 bits per heavy atom. The van der Waals surface area contributed by atoms with Crippen molar-refractivity contribution in [2.75, 3.05) is 6.61 Å². The maximum Gasteiger partial charge on any atom is 0.137 e. The Morgan fingerprint density at radius 2 is 2.11 bits per heavy atom. The van der Waals surface area contributed by atoms with Gasteiger partial charge < -0.3 is 15.6 Å². The van der Waals surface area contributed by atoms with Gasteiger partial charge in [0.1, 0.15) is 11.9 Å². The molecule has 18 heavy (non-hydrogen) atoms. The predicted molar refractivity (Wildman–Crippen MR) is 72.7 cm³/mol. The fourth-order valence-electron chi connectivity index (χ4n) is 2.14. The second-order valence-corrected chi connectivity index (χ2v) is 5.48. The van der Waals surface area contributed by atoms with E-state index in [2.05, 4.69) is 19.9 Å². The normalized spacial score (nSPS) is 18.7. The third kappa shape index (κ3) is 3.24. The lowest BCUT2D eigenvalue weighted by molar-refractivity contribution is 0.0881. The van der Waals surface area contributed by atoms with Gasteiger partial charge in [-0.1, -0.05) is 26.0 Å². The van der Waals surface area contributed by atoms with E-state index in [0.29, 0.717) is 11.8 Å². The zero-order chi connectivity index (χ0) is 13.1. The van der Waals surface area contributed by atoms with Gasteiger partial charge in [-0.2, -0.15) is 0 Å². The van der Waals surface area contributed by atoms with E-state index < -0.39 is 0 Å². The molecule has 1 fully saturated rings. The maximum atomic E-state index is 9.41. The molecule has 3 heteroatoms. The number of hydrogen-bond acceptors (Lipinski definition) is 3. The smallest absolute Gasteiger partial charge is 0.137 e. The molecule has 3 nitrogen and oxygen atoms in total. The van der Waals surface area contributed by atoms with Crippen LogP contribution < -0.4 is 10.5 Å². The first kappa shape index (κ1) is 13.4. The van der Waals surface area contributed by atoms with Crippen molar-refractivity contribution in [2.24, 2.45) is 11.7 Å². The van der Waals surface area contributed by atoms with Gasteiger partial charge in [-0.15, -0.1) is 0 Å². The zero-order valence-corrected chi connectivity index (χ0v) is 11.2. The first-order valence-electron chi connectivity index (χ1n) is 6.75. The van der Waals surface area contributed by atoms with E-state index in [1.54, 1.807) is 0 Å². The number of nitrogens with two attached hydrogens (primary N) is 1. The van der Waals surface area contributed by atoms with Crippen LogP contribution in [0.15, 0.2) is 24.3 Å². The van der Waals surface area contributed by atoms with Gasteiger partial charge in [-0.25, -0.2) is 0 Å². The number of aliphatic hydroxyl groups is 1. The lowest BCUT2D eigenvalue weighted by Gasteiger charge is -2.23. The van der Waals surface area contributed by atoms with E-state index in [0.717, 1.165) is 18.6 Å². The zero-order valence-electron chi connectivity index (χ0n) is 11.2. The second-order valence-electron chi connectivity index (χ2n) is 5.48. The van der Waals surface area contributed by atoms with Crippen LogP contribution in [0.5, 0.6) is 5.75 Å². The molecule has 100 valence electrons. The van der Waals surface area contributed by atoms with Gasteiger partial charge >= 0.3 is 0 Å². The molecule has 2 rings (SSSR count). The average Bonchev–Trinajstić information content (AvgIpc) is 3.19. The Balaban J connectivity index is 2.04. The van der Waals surface area contributed by atoms with Gasteiger partial charge in [0, 0.05) is 6.04 Å². The van der Waals surface area contributed by atoms with Gasteiger partial charge in [0.25, 0.3) is 0 Å². The van der Waals surface area contributed by atoms with E-state index >= 15 is 0 Å². The topological polar surface area (TPSA) is 55.5 Å². The standard InChI is InChI=1S/C15H23NO2/c1-10(2)12-4-3-5-13(8-12)18-14(9-17)15(16)11-6-7-11/h3-5,8,10-11,14-15,17H,6-7,9,16H2,1-2H3. The monoisotopic (exact) mass is 249 g/mol. The summed E-state index contributed by atoms with van der Waals surface area (Å²) in [6.07, 6.45) is 2.03. The highest BCUT2D eigenvalue weighted by Gasteiger charge is 2.34. The molecule has 0 heterocycles. The fourth-order valence-corrected chi connectivity index (χ4v) is 2.14. The summed E-state index contributed by atoms with van der Waals surface area (Å²) < 4.78 is 5.84. The minimum Gasteiger partial charge on any atom is -0.486 e. The molecule has 1 aromatic rings. The Labute approximate surface area is 109 Å². The first-order chi connectivity index (χ1) is 8.61. The molecule has 0 amide bonds. The van der Waals surface area contributed by atoms with Crippen molar-refractivity contribution in [3.63, 3.8) is 0 Å². The van der Waals surface area contributed by atoms with Crippen LogP contribution in [-0.4, -0.2) is 23.9 Å². The van der Waals surface area contributed by atoms with E-state index in [4.69, 9.17) is 10.5 Å². The molecule has 0 bridgehead atoms. The highest BCUT2D eigenvalue weighted by Crippen LogP contribution is 2.34. The minimum absolute atomic E-state index is 0.0242. The van der Waals surface area contributed by atoms with Gasteiger partial charge in [0.15, 0.2) is 0 Å². The molecule has 0 aromatic heterocycles. The Hall–Kier alpha value is -1.06. The molecule has 1 aliphatic carbocycles. The van der Waals surface area contributed by atoms with Crippen LogP contribution in [0.3, 0.4) is 0 Å². The number of aliphatic hydroxyl groups excluding tert-OH is 1. The van der Waals surface area contributed by atoms with Crippen LogP contribution in [-0.2, 0) is 0 Å². The molecule has 0 radical (unpaired) electrons. The lowest BCUT2D eigenvalue weighted by atomic mass is 10.0. The molecule has 0 saturated heterocycles. The number of ether oxygens (including phenoxy) is 1. The van der Waals surface area contributed by atoms with Crippen LogP contribution >= 0.6 is 0 Å². The molecule has 0 aliphatic heterocycles. The van der Waals surface area contributed by atoms with Crippen molar-refractivity contribution in [1.29, 1.82) is 0 Å². The van der Waals surface area contributed by atoms with Crippen LogP contribution in [0.25, 0.3) is 0 Å². The molecule has 1 saturated carbocycles. The molecular formula is C15H23NO2. The highest BCUT2D eigenvalue weighted by atomic mass is 16.5. The third-order valence-electron chi connectivity index (χ3n) is 3.59. The number of benzene rings is 1. The van der Waals surface area contributed by atoms with Crippen molar-refractivity contribution in [3.05, 3.63) is 29.8 Å². The van der Waals surface area contributed by atoms with Crippen molar-refractivity contribution in [2.45, 2.75) is 44.8 Å². The molecular weight excluding hydrogens is 226 g/mol. The Morgan fingerprint density at radius 1 is 1.39 bits per heavy atom. The Bertz CT molecular complexity index is 388. The van der Waals surface area contributed by atoms with Crippen LogP contribution in [0.4, 0.5) is 0 Å². The summed E-state index contributed by atoms with van der Waals surface area (Å²) in [5, 5.41) is 9.41. The maximum absolute atomic E-state index is 9.41. The van der Waals surface area contributed by atoms with Gasteiger partial charge in [0.05, 0.1) is 6.61 Å². The van der Waals surface area contributed by atoms with Crippen molar-refractivity contribution < 1.29 is 9.84 Å². The van der Waals surface area contributed by atoms with Crippen molar-refractivity contribution >= 4 is 0 Å². The summed E-state index contributed by atoms with van der Waals surface area (Å²) in [4.78, 5) is 0. The molecule has 1 aliphatic rings. The SMILES string of the molecule is CC(C)c1cccc(OC(CO)C(N)C2CC2)c1. The van der Waals surface area contributed by atoms with Crippen LogP contribution in [0, 0.1) is 5.92 Å². The number of hydrogen-bond donors (Lipinski definition) is 2. The van der Waals surface area contributed by atoms with Crippen LogP contribution in [0.1, 0.15) is 38.2 Å². The quantitative estimate of drug-likeness (QED) is 0.813. The summed E-state index contributed by atoms with van der Waals surface area (Å²) in [6.45, 7) is 4.28. The van der Waals surface area contributed by atoms with E-state index in [1.807, 2.05) is 18.2 Å². The second kappa shape index (κ2) is 5.72. The Kier molecular flexibility index (Phi) is 4.25. The molecule has 3 N–H and O–H groups in total. The summed E-state index contributed by atoms with van der Waals surface area (Å²) in [5.74, 6) is 1.80. The summed E-state index contributed by atoms with van der Waals surface area (Å²) in [5.41, 5.74) is 7.33. The van der Waals surface area contributed by atoms with Crippen molar-refractivity contribution in [1.82, 2.24) is 0 Å². The van der Waals surface area contributed by atoms with E-state index in [9.17, 15) is 5.11 Å². The highest BCUT2D eigenvalue weighted by molar-refractivity contribution is 5.30. The van der Waals surface area contributed by atoms with Gasteiger partial charge in [-0.05, 0) is 42.4 Å². The molecule has 1 aromatic carbocycles. The van der Waals surface area contributed by atoms with Gasteiger partial charge in [-0.3, -0.25) is 0 Å². The summed E-state index contributed by atoms with van der Waals surface area (Å²) >= 11 is 0. The van der Waals surface area contributed by atoms with Gasteiger partial charge in [0.2, 0.25) is 0 Å². The van der Waals surface area contributed by atoms with Crippen molar-refractivity contribution in [3.8, 4) is 5.75 Å². The average molecular weight is 249 g/mol. The van der Waals surface area contributed by atoms with E-state index in [1.165, 1.54) is 5.56 Å². The summed E-state index contributed by atoms with van der Waals surface area (Å²) in [6, 6.07) is 7.98. The molecule has 0 spiro atoms. The van der Waals surface area contributed by atoms with Crippen LogP contribution in [0.2, 0.25) is 0 Å². The molecule has 2 atom stereocenters. The predicted octanol–water partition coefficient (Wildman–Crippen LogP) is 2.29. The lowest BCUT2D eigenvalue weighted by Crippen LogP contribution is -2.43. The third-order valence-corrected chi connectivity index (χ3v) is 3.59. The largest absolute Gasteiger partial charge is 0.486 e. The molecule has 2 unspecified atom stereocenters. The van der Waals surface area contributed by atoms with E-state index in [-0.39, 0.29) is 18.8 Å². The number of rotatable bonds is 6. The first-order valence-corrected chi connectivity index (χ1v) is 6.75. The fraction of sp³-hybridized carbons (Fsp3) is 0.600. The minimum atomic E-state index is -0.292. The summed E-state index contributed by atoms with van der Waals surface area (Å²) in [7, 11) is 0.